The molecule has 1 aliphatic rings. The van der Waals surface area contributed by atoms with Gasteiger partial charge in [-0.25, -0.2) is 14.4 Å². The molecule has 23 heavy (non-hydrogen) atoms. The number of ether oxygens (including phenoxy) is 1. The monoisotopic (exact) mass is 311 g/mol. The van der Waals surface area contributed by atoms with Gasteiger partial charge in [-0.1, -0.05) is 6.07 Å². The van der Waals surface area contributed by atoms with E-state index in [2.05, 4.69) is 4.98 Å². The maximum absolute atomic E-state index is 13.7. The molecule has 1 aromatic carbocycles. The maximum Gasteiger partial charge on any atom is 0.164 e. The van der Waals surface area contributed by atoms with E-state index in [1.165, 1.54) is 18.6 Å². The van der Waals surface area contributed by atoms with Crippen LogP contribution in [0.4, 0.5) is 4.39 Å². The van der Waals surface area contributed by atoms with Gasteiger partial charge in [-0.05, 0) is 49.6 Å². The fourth-order valence-corrected chi connectivity index (χ4v) is 3.15. The molecule has 0 bridgehead atoms. The van der Waals surface area contributed by atoms with Crippen molar-refractivity contribution in [1.82, 2.24) is 14.5 Å². The third-order valence-corrected chi connectivity index (χ3v) is 4.24. The Labute approximate surface area is 133 Å². The number of halogens is 1. The van der Waals surface area contributed by atoms with Gasteiger partial charge in [-0.2, -0.15) is 0 Å². The molecule has 1 saturated heterocycles. The predicted octanol–water partition coefficient (Wildman–Crippen LogP) is 3.67. The van der Waals surface area contributed by atoms with Crippen LogP contribution < -0.4 is 0 Å². The Bertz CT molecular complexity index is 824. The van der Waals surface area contributed by atoms with Crippen molar-refractivity contribution in [3.8, 4) is 5.69 Å². The zero-order valence-electron chi connectivity index (χ0n) is 12.8. The Morgan fingerprint density at radius 3 is 3.00 bits per heavy atom. The summed E-state index contributed by atoms with van der Waals surface area (Å²) in [5.41, 5.74) is 2.32. The Morgan fingerprint density at radius 1 is 1.22 bits per heavy atom. The summed E-state index contributed by atoms with van der Waals surface area (Å²) in [6.45, 7) is 0.809. The quantitative estimate of drug-likeness (QED) is 0.741. The molecule has 4 nitrogen and oxygen atoms in total. The number of aromatic nitrogens is 3. The second-order valence-corrected chi connectivity index (χ2v) is 5.88. The lowest BCUT2D eigenvalue weighted by Gasteiger charge is -2.22. The van der Waals surface area contributed by atoms with Crippen molar-refractivity contribution in [3.63, 3.8) is 0 Å². The minimum absolute atomic E-state index is 0.174. The minimum atomic E-state index is -0.264. The Hall–Kier alpha value is -2.27. The first-order valence-electron chi connectivity index (χ1n) is 8.01. The van der Waals surface area contributed by atoms with Gasteiger partial charge in [0.2, 0.25) is 0 Å². The largest absolute Gasteiger partial charge is 0.378 e. The molecule has 4 rings (SSSR count). The third kappa shape index (κ3) is 2.84. The van der Waals surface area contributed by atoms with Crippen molar-refractivity contribution >= 4 is 11.2 Å². The summed E-state index contributed by atoms with van der Waals surface area (Å²) in [6, 6.07) is 10.3. The third-order valence-electron chi connectivity index (χ3n) is 4.24. The smallest absolute Gasteiger partial charge is 0.164 e. The number of rotatable bonds is 3. The van der Waals surface area contributed by atoms with Crippen LogP contribution in [-0.2, 0) is 11.2 Å². The molecule has 1 unspecified atom stereocenters. The second kappa shape index (κ2) is 6.08. The topological polar surface area (TPSA) is 39.9 Å². The molecule has 1 fully saturated rings. The molecule has 0 N–H and O–H groups in total. The van der Waals surface area contributed by atoms with E-state index in [-0.39, 0.29) is 11.9 Å². The summed E-state index contributed by atoms with van der Waals surface area (Å²) >= 11 is 0. The molecule has 3 heterocycles. The zero-order valence-corrected chi connectivity index (χ0v) is 12.8. The minimum Gasteiger partial charge on any atom is -0.378 e. The van der Waals surface area contributed by atoms with Crippen LogP contribution in [0, 0.1) is 5.82 Å². The molecule has 3 aromatic rings. The lowest BCUT2D eigenvalue weighted by molar-refractivity contribution is 0.0155. The number of benzene rings is 1. The van der Waals surface area contributed by atoms with Crippen LogP contribution in [0.2, 0.25) is 0 Å². The summed E-state index contributed by atoms with van der Waals surface area (Å²) in [7, 11) is 0. The highest BCUT2D eigenvalue weighted by Crippen LogP contribution is 2.24. The molecule has 118 valence electrons. The highest BCUT2D eigenvalue weighted by Gasteiger charge is 2.20. The maximum atomic E-state index is 13.7. The summed E-state index contributed by atoms with van der Waals surface area (Å²) < 4.78 is 21.5. The van der Waals surface area contributed by atoms with E-state index < -0.39 is 0 Å². The molecule has 1 aliphatic heterocycles. The molecule has 1 atom stereocenters. The summed E-state index contributed by atoms with van der Waals surface area (Å²) in [4.78, 5) is 9.15. The lowest BCUT2D eigenvalue weighted by Crippen LogP contribution is -2.23. The van der Waals surface area contributed by atoms with Crippen LogP contribution in [-0.4, -0.2) is 27.2 Å². The molecule has 0 spiro atoms. The molecule has 0 amide bonds. The first-order valence-corrected chi connectivity index (χ1v) is 8.01. The number of hydrogen-bond acceptors (Lipinski definition) is 3. The average Bonchev–Trinajstić information content (AvgIpc) is 2.93. The molecule has 0 saturated carbocycles. The van der Waals surface area contributed by atoms with E-state index in [4.69, 9.17) is 9.72 Å². The highest BCUT2D eigenvalue weighted by molar-refractivity contribution is 5.73. The van der Waals surface area contributed by atoms with Crippen LogP contribution in [0.15, 0.2) is 42.6 Å². The van der Waals surface area contributed by atoms with Crippen molar-refractivity contribution < 1.29 is 9.13 Å². The van der Waals surface area contributed by atoms with Gasteiger partial charge in [0.25, 0.3) is 0 Å². The van der Waals surface area contributed by atoms with Crippen LogP contribution in [0.1, 0.15) is 25.1 Å². The Balaban J connectivity index is 1.81. The van der Waals surface area contributed by atoms with E-state index in [0.29, 0.717) is 6.42 Å². The van der Waals surface area contributed by atoms with Gasteiger partial charge in [0, 0.05) is 19.2 Å². The molecule has 0 aliphatic carbocycles. The predicted molar refractivity (Wildman–Crippen MR) is 86.1 cm³/mol. The Kier molecular flexibility index (Phi) is 3.79. The molecular formula is C18H18FN3O. The van der Waals surface area contributed by atoms with Gasteiger partial charge < -0.3 is 4.74 Å². The average molecular weight is 311 g/mol. The number of hydrogen-bond donors (Lipinski definition) is 0. The van der Waals surface area contributed by atoms with Crippen LogP contribution in [0.5, 0.6) is 0 Å². The van der Waals surface area contributed by atoms with Crippen molar-refractivity contribution in [2.45, 2.75) is 31.8 Å². The molecular weight excluding hydrogens is 293 g/mol. The van der Waals surface area contributed by atoms with E-state index in [9.17, 15) is 4.39 Å². The van der Waals surface area contributed by atoms with Gasteiger partial charge in [-0.15, -0.1) is 0 Å². The summed E-state index contributed by atoms with van der Waals surface area (Å²) in [6.07, 6.45) is 5.97. The Morgan fingerprint density at radius 2 is 2.17 bits per heavy atom. The lowest BCUT2D eigenvalue weighted by atomic mass is 10.1. The summed E-state index contributed by atoms with van der Waals surface area (Å²) in [5.74, 6) is 0.608. The van der Waals surface area contributed by atoms with E-state index in [1.807, 2.05) is 22.8 Å². The van der Waals surface area contributed by atoms with Crippen LogP contribution in [0.3, 0.4) is 0 Å². The zero-order chi connectivity index (χ0) is 15.6. The summed E-state index contributed by atoms with van der Waals surface area (Å²) in [5, 5.41) is 0. The molecule has 2 aromatic heterocycles. The van der Waals surface area contributed by atoms with Crippen LogP contribution in [0.25, 0.3) is 16.9 Å². The number of nitrogens with zero attached hydrogens (tertiary/aromatic N) is 3. The van der Waals surface area contributed by atoms with Crippen LogP contribution >= 0.6 is 0 Å². The fraction of sp³-hybridized carbons (Fsp3) is 0.333. The first-order chi connectivity index (χ1) is 11.3. The van der Waals surface area contributed by atoms with E-state index in [0.717, 1.165) is 42.1 Å². The number of fused-ring (bicyclic) bond motifs is 1. The van der Waals surface area contributed by atoms with Crippen molar-refractivity contribution in [2.75, 3.05) is 6.61 Å². The van der Waals surface area contributed by atoms with E-state index >= 15 is 0 Å². The molecule has 5 heteroatoms. The van der Waals surface area contributed by atoms with Gasteiger partial charge in [0.05, 0.1) is 11.8 Å². The van der Waals surface area contributed by atoms with Gasteiger partial charge in [0.1, 0.15) is 17.2 Å². The van der Waals surface area contributed by atoms with Crippen molar-refractivity contribution in [3.05, 3.63) is 54.2 Å². The standard InChI is InChI=1S/C18H18FN3O/c19-13-5-3-6-14(11-13)22-17(12-15-7-1-2-10-23-15)21-16-8-4-9-20-18(16)22/h3-6,8-9,11,15H,1-2,7,10,12H2. The molecule has 0 radical (unpaired) electrons. The number of pyridine rings is 1. The number of imidazole rings is 1. The normalized spacial score (nSPS) is 18.4. The fourth-order valence-electron chi connectivity index (χ4n) is 3.15. The van der Waals surface area contributed by atoms with E-state index in [1.54, 1.807) is 12.3 Å². The second-order valence-electron chi connectivity index (χ2n) is 5.88. The van der Waals surface area contributed by atoms with Crippen molar-refractivity contribution in [1.29, 1.82) is 0 Å². The van der Waals surface area contributed by atoms with Crippen molar-refractivity contribution in [2.24, 2.45) is 0 Å². The van der Waals surface area contributed by atoms with Gasteiger partial charge >= 0.3 is 0 Å². The first kappa shape index (κ1) is 14.3. The SMILES string of the molecule is Fc1cccc(-n2c(CC3CCCCO3)nc3cccnc32)c1. The van der Waals surface area contributed by atoms with Gasteiger partial charge in [-0.3, -0.25) is 4.57 Å². The van der Waals surface area contributed by atoms with Gasteiger partial charge in [0.15, 0.2) is 5.65 Å². The highest BCUT2D eigenvalue weighted by atomic mass is 19.1.